The van der Waals surface area contributed by atoms with E-state index in [-0.39, 0.29) is 6.10 Å². The molecule has 5 heteroatoms. The normalized spacial score (nSPS) is 16.5. The molecule has 0 fully saturated rings. The molecule has 0 spiro atoms. The van der Waals surface area contributed by atoms with Crippen LogP contribution < -0.4 is 0 Å². The molecule has 116 valence electrons. The van der Waals surface area contributed by atoms with Crippen molar-refractivity contribution in [3.05, 3.63) is 0 Å². The number of hydrogen-bond acceptors (Lipinski definition) is 2. The minimum atomic E-state index is -2.82. The predicted octanol–water partition coefficient (Wildman–Crippen LogP) is 5.71. The Bertz CT molecular complexity index is 254. The molecule has 0 amide bonds. The second-order valence-corrected chi connectivity index (χ2v) is 10.9. The monoisotopic (exact) mass is 326 g/mol. The lowest BCUT2D eigenvalue weighted by atomic mass is 10.0. The van der Waals surface area contributed by atoms with E-state index in [2.05, 4.69) is 33.0 Å². The van der Waals surface area contributed by atoms with E-state index in [1.807, 2.05) is 0 Å². The first-order valence-corrected chi connectivity index (χ1v) is 11.4. The van der Waals surface area contributed by atoms with Crippen molar-refractivity contribution in [1.29, 1.82) is 0 Å². The lowest BCUT2D eigenvalue weighted by Crippen LogP contribution is -2.13. The van der Waals surface area contributed by atoms with Crippen LogP contribution in [0.25, 0.3) is 0 Å². The van der Waals surface area contributed by atoms with Gasteiger partial charge in [-0.1, -0.05) is 78.0 Å². The second kappa shape index (κ2) is 11.6. The third kappa shape index (κ3) is 15.1. The van der Waals surface area contributed by atoms with E-state index in [0.29, 0.717) is 5.92 Å². The highest BCUT2D eigenvalue weighted by molar-refractivity contribution is 8.59. The molecule has 2 atom stereocenters. The Labute approximate surface area is 130 Å². The van der Waals surface area contributed by atoms with Crippen LogP contribution in [0.3, 0.4) is 0 Å². The van der Waals surface area contributed by atoms with Crippen LogP contribution in [0, 0.1) is 5.92 Å². The third-order valence-corrected chi connectivity index (χ3v) is 4.26. The fraction of sp³-hybridized carbons (Fsp3) is 1.00. The van der Waals surface area contributed by atoms with Gasteiger partial charge in [0.2, 0.25) is 5.69 Å². The first kappa shape index (κ1) is 19.9. The van der Waals surface area contributed by atoms with Gasteiger partial charge in [0.1, 0.15) is 0 Å². The maximum atomic E-state index is 9.57. The smallest absolute Gasteiger partial charge is 0.241 e. The van der Waals surface area contributed by atoms with Crippen molar-refractivity contribution in [3.8, 4) is 0 Å². The van der Waals surface area contributed by atoms with Gasteiger partial charge in [-0.15, -0.1) is 0 Å². The van der Waals surface area contributed by atoms with Gasteiger partial charge in [-0.3, -0.25) is 0 Å². The van der Waals surface area contributed by atoms with E-state index in [1.165, 1.54) is 38.5 Å². The van der Waals surface area contributed by atoms with Crippen molar-refractivity contribution >= 4 is 29.7 Å². The summed E-state index contributed by atoms with van der Waals surface area (Å²) in [6.07, 6.45) is 11.1. The number of rotatable bonds is 12. The Kier molecular flexibility index (Phi) is 12.1. The number of hydrogen-bond donors (Lipinski definition) is 2. The van der Waals surface area contributed by atoms with E-state index in [1.54, 1.807) is 0 Å². The van der Waals surface area contributed by atoms with Crippen LogP contribution in [0.1, 0.15) is 78.6 Å². The van der Waals surface area contributed by atoms with Crippen molar-refractivity contribution in [2.24, 2.45) is 5.92 Å². The summed E-state index contributed by atoms with van der Waals surface area (Å²) in [4.78, 5) is 9.57. The average Bonchev–Trinajstić information content (AvgIpc) is 2.24. The Hall–Kier alpha value is 0.920. The van der Waals surface area contributed by atoms with Gasteiger partial charge in [-0.2, -0.15) is 0 Å². The molecule has 19 heavy (non-hydrogen) atoms. The van der Waals surface area contributed by atoms with Crippen LogP contribution in [0.5, 0.6) is 0 Å². The summed E-state index contributed by atoms with van der Waals surface area (Å²) in [6.45, 7) is 6.57. The number of unbranched alkanes of at least 4 members (excludes halogenated alkanes) is 6. The predicted molar refractivity (Wildman–Crippen MR) is 92.4 cm³/mol. The SMILES string of the molecule is CCCCCCCCCC(CC(C)C)OP(O)(=S)S. The van der Waals surface area contributed by atoms with E-state index >= 15 is 0 Å². The van der Waals surface area contributed by atoms with E-state index in [4.69, 9.17) is 16.3 Å². The molecule has 0 heterocycles. The zero-order valence-corrected chi connectivity index (χ0v) is 15.3. The van der Waals surface area contributed by atoms with Gasteiger partial charge in [-0.05, 0) is 30.6 Å². The minimum absolute atomic E-state index is 0.0731. The van der Waals surface area contributed by atoms with E-state index in [9.17, 15) is 4.89 Å². The second-order valence-electron chi connectivity index (χ2n) is 5.76. The quantitative estimate of drug-likeness (QED) is 0.274. The van der Waals surface area contributed by atoms with Gasteiger partial charge >= 0.3 is 0 Å². The highest BCUT2D eigenvalue weighted by atomic mass is 32.9. The topological polar surface area (TPSA) is 29.5 Å². The fourth-order valence-electron chi connectivity index (χ4n) is 2.26. The van der Waals surface area contributed by atoms with Gasteiger partial charge < -0.3 is 9.42 Å². The summed E-state index contributed by atoms with van der Waals surface area (Å²) < 4.78 is 5.54. The maximum Gasteiger partial charge on any atom is 0.241 e. The lowest BCUT2D eigenvalue weighted by molar-refractivity contribution is 0.167. The molecule has 0 rings (SSSR count). The molecule has 0 saturated carbocycles. The van der Waals surface area contributed by atoms with Crippen LogP contribution in [0.4, 0.5) is 0 Å². The Morgan fingerprint density at radius 1 is 1.11 bits per heavy atom. The van der Waals surface area contributed by atoms with Gasteiger partial charge in [0.05, 0.1) is 6.10 Å². The van der Waals surface area contributed by atoms with Crippen LogP contribution >= 0.6 is 17.9 Å². The van der Waals surface area contributed by atoms with E-state index < -0.39 is 5.69 Å². The van der Waals surface area contributed by atoms with Gasteiger partial charge in [0.15, 0.2) is 0 Å². The molecule has 0 aromatic carbocycles. The van der Waals surface area contributed by atoms with Gasteiger partial charge in [-0.25, -0.2) is 0 Å². The summed E-state index contributed by atoms with van der Waals surface area (Å²) in [5, 5.41) is 0. The lowest BCUT2D eigenvalue weighted by Gasteiger charge is -2.22. The Morgan fingerprint density at radius 2 is 1.63 bits per heavy atom. The summed E-state index contributed by atoms with van der Waals surface area (Å²) in [5.41, 5.74) is -2.82. The zero-order chi connectivity index (χ0) is 14.7. The third-order valence-electron chi connectivity index (χ3n) is 3.15. The summed E-state index contributed by atoms with van der Waals surface area (Å²) in [5.74, 6) is 0.560. The Morgan fingerprint density at radius 3 is 2.11 bits per heavy atom. The first-order valence-electron chi connectivity index (χ1n) is 7.59. The molecule has 0 saturated heterocycles. The van der Waals surface area contributed by atoms with Crippen molar-refractivity contribution in [2.75, 3.05) is 0 Å². The highest BCUT2D eigenvalue weighted by Gasteiger charge is 2.18. The van der Waals surface area contributed by atoms with Crippen LogP contribution in [-0.4, -0.2) is 11.0 Å². The maximum absolute atomic E-state index is 9.57. The summed E-state index contributed by atoms with van der Waals surface area (Å²) >= 11 is 8.85. The Balaban J connectivity index is 3.77. The summed E-state index contributed by atoms with van der Waals surface area (Å²) in [7, 11) is 0. The fourth-order valence-corrected chi connectivity index (χ4v) is 3.61. The molecule has 0 aliphatic heterocycles. The molecule has 0 radical (unpaired) electrons. The molecule has 0 aromatic heterocycles. The molecule has 0 aliphatic rings. The molecular formula is C14H31O2PS2. The van der Waals surface area contributed by atoms with E-state index in [0.717, 1.165) is 19.3 Å². The van der Waals surface area contributed by atoms with Crippen LogP contribution in [0.15, 0.2) is 0 Å². The largest absolute Gasteiger partial charge is 0.338 e. The van der Waals surface area contributed by atoms with Crippen molar-refractivity contribution in [3.63, 3.8) is 0 Å². The molecule has 2 nitrogen and oxygen atoms in total. The molecule has 0 aromatic rings. The minimum Gasteiger partial charge on any atom is -0.338 e. The molecule has 2 unspecified atom stereocenters. The van der Waals surface area contributed by atoms with Crippen LogP contribution in [0.2, 0.25) is 0 Å². The van der Waals surface area contributed by atoms with Crippen LogP contribution in [-0.2, 0) is 16.3 Å². The average molecular weight is 327 g/mol. The van der Waals surface area contributed by atoms with Crippen molar-refractivity contribution in [2.45, 2.75) is 84.7 Å². The zero-order valence-electron chi connectivity index (χ0n) is 12.7. The van der Waals surface area contributed by atoms with Gasteiger partial charge in [0.25, 0.3) is 0 Å². The molecule has 1 N–H and O–H groups in total. The number of thiol groups is 1. The standard InChI is InChI=1S/C14H31O2PS2/c1-4-5-6-7-8-9-10-11-14(12-13(2)3)16-17(15,18)19/h13-14H,4-12H2,1-3H3,(H2,15,18,19). The molecule has 0 aliphatic carbocycles. The van der Waals surface area contributed by atoms with Gasteiger partial charge in [0, 0.05) is 0 Å². The highest BCUT2D eigenvalue weighted by Crippen LogP contribution is 2.49. The first-order chi connectivity index (χ1) is 8.85. The summed E-state index contributed by atoms with van der Waals surface area (Å²) in [6, 6.07) is 0. The molecular weight excluding hydrogens is 295 g/mol. The van der Waals surface area contributed by atoms with Crippen molar-refractivity contribution in [1.82, 2.24) is 0 Å². The van der Waals surface area contributed by atoms with Crippen molar-refractivity contribution < 1.29 is 9.42 Å². The molecule has 0 bridgehead atoms.